The van der Waals surface area contributed by atoms with Gasteiger partial charge in [-0.05, 0) is 150 Å². The molecule has 0 bridgehead atoms. The number of hydrogen-bond donors (Lipinski definition) is 2. The lowest BCUT2D eigenvalue weighted by Gasteiger charge is -2.69. The van der Waals surface area contributed by atoms with Gasteiger partial charge in [0.15, 0.2) is 5.78 Å². The molecule has 0 radical (unpaired) electrons. The number of nitrogens with zero attached hydrogens (tertiary/aromatic N) is 1. The number of aliphatic carboxylic acids is 1. The van der Waals surface area contributed by atoms with E-state index >= 15 is 0 Å². The van der Waals surface area contributed by atoms with Crippen LogP contribution in [0.3, 0.4) is 0 Å². The van der Waals surface area contributed by atoms with Crippen molar-refractivity contribution in [3.8, 4) is 0 Å². The first kappa shape index (κ1) is 38.2. The van der Waals surface area contributed by atoms with Crippen LogP contribution in [0.25, 0.3) is 0 Å². The average molecular weight is 703 g/mol. The number of carbonyl (C=O) groups excluding carboxylic acids is 2. The Morgan fingerprint density at radius 1 is 0.961 bits per heavy atom. The highest BCUT2D eigenvalue weighted by Gasteiger charge is 2.66. The van der Waals surface area contributed by atoms with Crippen LogP contribution in [0.5, 0.6) is 0 Å². The van der Waals surface area contributed by atoms with Crippen molar-refractivity contribution in [1.82, 2.24) is 10.3 Å². The number of rotatable bonds is 10. The van der Waals surface area contributed by atoms with E-state index in [0.717, 1.165) is 56.3 Å². The molecule has 51 heavy (non-hydrogen) atoms. The number of ether oxygens (including phenoxy) is 1. The monoisotopic (exact) mass is 702 g/mol. The minimum Gasteiger partial charge on any atom is -0.481 e. The third kappa shape index (κ3) is 6.33. The highest BCUT2D eigenvalue weighted by molar-refractivity contribution is 6.00. The number of aromatic nitrogens is 1. The van der Waals surface area contributed by atoms with E-state index in [9.17, 15) is 19.5 Å². The molecule has 1 heterocycles. The van der Waals surface area contributed by atoms with E-state index in [4.69, 9.17) is 4.74 Å². The van der Waals surface area contributed by atoms with Crippen LogP contribution in [-0.4, -0.2) is 40.5 Å². The van der Waals surface area contributed by atoms with Gasteiger partial charge < -0.3 is 15.2 Å². The minimum absolute atomic E-state index is 0.0471. The standard InChI is InChI=1S/C44H66N2O5/c1-27(2)36-30(47)25-44(22-24-46-41(7,8)33-13-11-12-23-45-33)21-16-29-28(37(36)44)14-15-32-42(29,9)19-17-31-40(5,6)34(18-20-43(31,32)10)51-35(48)26-39(3,4)38(49)50/h11-13,23,27-29,31-32,34,46H,14-22,24-26H2,1-10H3,(H,49,50). The Morgan fingerprint density at radius 2 is 1.67 bits per heavy atom. The SMILES string of the molecule is CC(C)C1=C2C3CCC4C(C)(CCC5C(C)(C)C(OC(=O)CC(C)(C)C(=O)O)CCC54C)C3CCC2(CCNC(C)(C)c2ccccn2)CC1=O. The number of carboxylic acids is 1. The number of hydrogen-bond acceptors (Lipinski definition) is 6. The molecule has 8 unspecified atom stereocenters. The van der Waals surface area contributed by atoms with Gasteiger partial charge in [0.25, 0.3) is 0 Å². The lowest BCUT2D eigenvalue weighted by molar-refractivity contribution is -0.213. The lowest BCUT2D eigenvalue weighted by Crippen LogP contribution is -2.63. The molecule has 6 rings (SSSR count). The van der Waals surface area contributed by atoms with Gasteiger partial charge in [0.1, 0.15) is 6.10 Å². The van der Waals surface area contributed by atoms with Crippen LogP contribution >= 0.6 is 0 Å². The molecule has 7 nitrogen and oxygen atoms in total. The minimum atomic E-state index is -1.14. The van der Waals surface area contributed by atoms with E-state index in [-0.39, 0.29) is 45.6 Å². The Bertz CT molecular complexity index is 1560. The molecule has 1 aromatic rings. The van der Waals surface area contributed by atoms with Gasteiger partial charge in [-0.3, -0.25) is 19.4 Å². The second-order valence-corrected chi connectivity index (χ2v) is 20.1. The Balaban J connectivity index is 1.23. The zero-order valence-electron chi connectivity index (χ0n) is 33.3. The third-order valence-corrected chi connectivity index (χ3v) is 15.6. The summed E-state index contributed by atoms with van der Waals surface area (Å²) in [6.07, 6.45) is 11.9. The Morgan fingerprint density at radius 3 is 2.31 bits per heavy atom. The fourth-order valence-electron chi connectivity index (χ4n) is 13.0. The number of allylic oxidation sites excluding steroid dienone is 2. The predicted molar refractivity (Wildman–Crippen MR) is 201 cm³/mol. The van der Waals surface area contributed by atoms with E-state index in [1.165, 1.54) is 19.3 Å². The molecule has 4 fully saturated rings. The molecule has 5 aliphatic rings. The van der Waals surface area contributed by atoms with Gasteiger partial charge in [0, 0.05) is 23.4 Å². The van der Waals surface area contributed by atoms with Crippen LogP contribution in [0.2, 0.25) is 0 Å². The summed E-state index contributed by atoms with van der Waals surface area (Å²) in [5.41, 5.74) is 2.45. The van der Waals surface area contributed by atoms with E-state index in [1.807, 2.05) is 12.3 Å². The van der Waals surface area contributed by atoms with E-state index in [2.05, 4.69) is 77.8 Å². The molecule has 0 spiro atoms. The van der Waals surface area contributed by atoms with Crippen LogP contribution in [-0.2, 0) is 24.7 Å². The van der Waals surface area contributed by atoms with Crippen molar-refractivity contribution in [2.45, 2.75) is 152 Å². The summed E-state index contributed by atoms with van der Waals surface area (Å²) in [5.74, 6) is 1.32. The highest BCUT2D eigenvalue weighted by Crippen LogP contribution is 2.73. The van der Waals surface area contributed by atoms with E-state index in [0.29, 0.717) is 35.9 Å². The molecule has 1 aromatic heterocycles. The number of nitrogens with one attached hydrogen (secondary N) is 1. The zero-order valence-corrected chi connectivity index (χ0v) is 33.3. The molecule has 5 aliphatic carbocycles. The summed E-state index contributed by atoms with van der Waals surface area (Å²) in [7, 11) is 0. The summed E-state index contributed by atoms with van der Waals surface area (Å²) in [6.45, 7) is 22.7. The number of pyridine rings is 1. The van der Waals surface area contributed by atoms with Crippen LogP contribution in [0.15, 0.2) is 35.5 Å². The normalized spacial score (nSPS) is 36.2. The molecule has 2 N–H and O–H groups in total. The summed E-state index contributed by atoms with van der Waals surface area (Å²) < 4.78 is 6.17. The number of carbonyl (C=O) groups is 3. The molecule has 0 aliphatic heterocycles. The second kappa shape index (κ2) is 13.1. The van der Waals surface area contributed by atoms with Crippen LogP contribution < -0.4 is 5.32 Å². The van der Waals surface area contributed by atoms with Crippen molar-refractivity contribution >= 4 is 17.7 Å². The van der Waals surface area contributed by atoms with Gasteiger partial charge in [-0.1, -0.05) is 53.2 Å². The number of fused-ring (bicyclic) bond motifs is 7. The Kier molecular flexibility index (Phi) is 9.80. The van der Waals surface area contributed by atoms with Crippen molar-refractivity contribution in [1.29, 1.82) is 0 Å². The first-order valence-corrected chi connectivity index (χ1v) is 20.1. The quantitative estimate of drug-likeness (QED) is 0.234. The van der Waals surface area contributed by atoms with E-state index in [1.54, 1.807) is 19.4 Å². The number of carboxylic acid groups (broad SMARTS) is 1. The Labute approximate surface area is 307 Å². The van der Waals surface area contributed by atoms with E-state index < -0.39 is 17.4 Å². The van der Waals surface area contributed by atoms with Crippen molar-refractivity contribution in [2.24, 2.45) is 56.7 Å². The maximum Gasteiger partial charge on any atom is 0.309 e. The van der Waals surface area contributed by atoms with Crippen LogP contribution in [0.1, 0.15) is 146 Å². The molecule has 282 valence electrons. The fraction of sp³-hybridized carbons (Fsp3) is 0.773. The topological polar surface area (TPSA) is 106 Å². The van der Waals surface area contributed by atoms with Gasteiger partial charge in [-0.2, -0.15) is 0 Å². The summed E-state index contributed by atoms with van der Waals surface area (Å²) in [4.78, 5) is 43.4. The molecule has 0 aromatic carbocycles. The van der Waals surface area contributed by atoms with Crippen LogP contribution in [0.4, 0.5) is 0 Å². The summed E-state index contributed by atoms with van der Waals surface area (Å²) in [6, 6.07) is 6.11. The molecular formula is C44H66N2O5. The van der Waals surface area contributed by atoms with Gasteiger partial charge in [0.05, 0.1) is 23.1 Å². The first-order valence-electron chi connectivity index (χ1n) is 20.1. The second-order valence-electron chi connectivity index (χ2n) is 20.1. The van der Waals surface area contributed by atoms with Gasteiger partial charge in [0.2, 0.25) is 0 Å². The molecule has 8 atom stereocenters. The smallest absolute Gasteiger partial charge is 0.309 e. The number of Topliss-reactive ketones (excluding diaryl/α,β-unsaturated/α-hetero) is 1. The molecule has 0 saturated heterocycles. The van der Waals surface area contributed by atoms with Crippen LogP contribution in [0, 0.1) is 56.7 Å². The zero-order chi connectivity index (χ0) is 37.4. The third-order valence-electron chi connectivity index (χ3n) is 15.6. The molecule has 0 amide bonds. The van der Waals surface area contributed by atoms with Gasteiger partial charge >= 0.3 is 11.9 Å². The molecule has 7 heteroatoms. The van der Waals surface area contributed by atoms with Crippen molar-refractivity contribution in [3.05, 3.63) is 41.2 Å². The number of ketones is 1. The summed E-state index contributed by atoms with van der Waals surface area (Å²) >= 11 is 0. The van der Waals surface area contributed by atoms with Gasteiger partial charge in [-0.15, -0.1) is 0 Å². The van der Waals surface area contributed by atoms with Gasteiger partial charge in [-0.25, -0.2) is 0 Å². The predicted octanol–water partition coefficient (Wildman–Crippen LogP) is 9.30. The maximum absolute atomic E-state index is 14.0. The van der Waals surface area contributed by atoms with Crippen molar-refractivity contribution < 1.29 is 24.2 Å². The molecular weight excluding hydrogens is 636 g/mol. The lowest BCUT2D eigenvalue weighted by atomic mass is 9.36. The first-order chi connectivity index (χ1) is 23.7. The van der Waals surface area contributed by atoms with Crippen molar-refractivity contribution in [3.63, 3.8) is 0 Å². The van der Waals surface area contributed by atoms with Crippen molar-refractivity contribution in [2.75, 3.05) is 6.54 Å². The maximum atomic E-state index is 14.0. The highest BCUT2D eigenvalue weighted by atomic mass is 16.5. The Hall–Kier alpha value is -2.54. The average Bonchev–Trinajstić information content (AvgIpc) is 3.34. The number of esters is 1. The molecule has 4 saturated carbocycles. The fourth-order valence-corrected chi connectivity index (χ4v) is 13.0. The largest absolute Gasteiger partial charge is 0.481 e. The summed E-state index contributed by atoms with van der Waals surface area (Å²) in [5, 5.41) is 13.4.